The van der Waals surface area contributed by atoms with Crippen LogP contribution in [0.2, 0.25) is 0 Å². The minimum absolute atomic E-state index is 0.0252. The lowest BCUT2D eigenvalue weighted by Gasteiger charge is -2.29. The van der Waals surface area contributed by atoms with Crippen LogP contribution in [0.3, 0.4) is 0 Å². The van der Waals surface area contributed by atoms with Crippen LogP contribution in [0, 0.1) is 11.3 Å². The molecule has 0 spiro atoms. The molecule has 24 heavy (non-hydrogen) atoms. The average molecular weight is 330 g/mol. The lowest BCUT2D eigenvalue weighted by atomic mass is 9.75. The topological polar surface area (TPSA) is 60.9 Å². The molecule has 2 fully saturated rings. The molecule has 2 aliphatic heterocycles. The molecular formula is C19H26N2O3. The number of benzene rings is 1. The van der Waals surface area contributed by atoms with Crippen LogP contribution in [0.4, 0.5) is 0 Å². The maximum atomic E-state index is 12.7. The van der Waals surface area contributed by atoms with E-state index in [9.17, 15) is 14.7 Å². The van der Waals surface area contributed by atoms with Crippen molar-refractivity contribution in [3.05, 3.63) is 35.9 Å². The lowest BCUT2D eigenvalue weighted by molar-refractivity contribution is -0.151. The SMILES string of the molecule is CCN1C[C@H]2CN(C(=O)Cc3ccccc3)CCC[C@@]2(C(=O)O)C1. The third kappa shape index (κ3) is 3.18. The summed E-state index contributed by atoms with van der Waals surface area (Å²) in [6.45, 7) is 5.56. The van der Waals surface area contributed by atoms with Gasteiger partial charge in [0.25, 0.3) is 0 Å². The van der Waals surface area contributed by atoms with Crippen LogP contribution < -0.4 is 0 Å². The molecule has 2 aliphatic rings. The van der Waals surface area contributed by atoms with E-state index in [1.54, 1.807) is 0 Å². The Morgan fingerprint density at radius 1 is 1.25 bits per heavy atom. The number of aliphatic carboxylic acids is 1. The number of hydrogen-bond donors (Lipinski definition) is 1. The van der Waals surface area contributed by atoms with E-state index in [1.165, 1.54) is 0 Å². The zero-order valence-electron chi connectivity index (χ0n) is 14.3. The number of amides is 1. The summed E-state index contributed by atoms with van der Waals surface area (Å²) < 4.78 is 0. The molecule has 5 nitrogen and oxygen atoms in total. The molecule has 0 aromatic heterocycles. The fourth-order valence-corrected chi connectivity index (χ4v) is 4.24. The number of carbonyl (C=O) groups excluding carboxylic acids is 1. The quantitative estimate of drug-likeness (QED) is 0.916. The van der Waals surface area contributed by atoms with Crippen molar-refractivity contribution in [2.45, 2.75) is 26.2 Å². The monoisotopic (exact) mass is 330 g/mol. The van der Waals surface area contributed by atoms with E-state index in [0.717, 1.165) is 25.1 Å². The van der Waals surface area contributed by atoms with Gasteiger partial charge in [-0.2, -0.15) is 0 Å². The maximum Gasteiger partial charge on any atom is 0.311 e. The predicted octanol–water partition coefficient (Wildman–Crippen LogP) is 1.87. The van der Waals surface area contributed by atoms with Crippen LogP contribution in [0.1, 0.15) is 25.3 Å². The second kappa shape index (κ2) is 6.93. The summed E-state index contributed by atoms with van der Waals surface area (Å²) in [7, 11) is 0. The van der Waals surface area contributed by atoms with E-state index in [1.807, 2.05) is 35.2 Å². The van der Waals surface area contributed by atoms with Gasteiger partial charge in [-0.25, -0.2) is 0 Å². The van der Waals surface area contributed by atoms with E-state index in [0.29, 0.717) is 32.5 Å². The van der Waals surface area contributed by atoms with Gasteiger partial charge in [-0.1, -0.05) is 37.3 Å². The summed E-state index contributed by atoms with van der Waals surface area (Å²) in [4.78, 5) is 28.8. The van der Waals surface area contributed by atoms with Gasteiger partial charge < -0.3 is 14.9 Å². The van der Waals surface area contributed by atoms with E-state index >= 15 is 0 Å². The van der Waals surface area contributed by atoms with Gasteiger partial charge in [-0.15, -0.1) is 0 Å². The Morgan fingerprint density at radius 2 is 2.00 bits per heavy atom. The first-order chi connectivity index (χ1) is 11.5. The second-order valence-corrected chi connectivity index (χ2v) is 7.09. The van der Waals surface area contributed by atoms with E-state index in [4.69, 9.17) is 0 Å². The van der Waals surface area contributed by atoms with Crippen LogP contribution in [-0.2, 0) is 16.0 Å². The molecule has 1 aromatic rings. The van der Waals surface area contributed by atoms with E-state index in [-0.39, 0.29) is 11.8 Å². The van der Waals surface area contributed by atoms with E-state index < -0.39 is 11.4 Å². The molecule has 2 heterocycles. The molecular weight excluding hydrogens is 304 g/mol. The summed E-state index contributed by atoms with van der Waals surface area (Å²) in [6.07, 6.45) is 1.82. The van der Waals surface area contributed by atoms with Crippen LogP contribution in [0.25, 0.3) is 0 Å². The summed E-state index contributed by atoms with van der Waals surface area (Å²) in [5, 5.41) is 9.87. The second-order valence-electron chi connectivity index (χ2n) is 7.09. The van der Waals surface area contributed by atoms with Crippen molar-refractivity contribution in [3.63, 3.8) is 0 Å². The van der Waals surface area contributed by atoms with Crippen molar-refractivity contribution in [1.29, 1.82) is 0 Å². The molecule has 2 saturated heterocycles. The Bertz CT molecular complexity index is 604. The number of carboxylic acid groups (broad SMARTS) is 1. The highest BCUT2D eigenvalue weighted by molar-refractivity contribution is 5.80. The van der Waals surface area contributed by atoms with Crippen molar-refractivity contribution < 1.29 is 14.7 Å². The van der Waals surface area contributed by atoms with Crippen LogP contribution in [0.5, 0.6) is 0 Å². The van der Waals surface area contributed by atoms with Gasteiger partial charge in [-0.05, 0) is 24.9 Å². The number of fused-ring (bicyclic) bond motifs is 1. The normalized spacial score (nSPS) is 27.5. The lowest BCUT2D eigenvalue weighted by Crippen LogP contribution is -2.43. The minimum atomic E-state index is -0.694. The molecule has 1 aromatic carbocycles. The molecule has 1 N–H and O–H groups in total. The number of likely N-dealkylation sites (tertiary alicyclic amines) is 2. The molecule has 0 radical (unpaired) electrons. The van der Waals surface area contributed by atoms with Gasteiger partial charge in [0.05, 0.1) is 11.8 Å². The first-order valence-electron chi connectivity index (χ1n) is 8.82. The van der Waals surface area contributed by atoms with Crippen molar-refractivity contribution in [2.75, 3.05) is 32.7 Å². The fraction of sp³-hybridized carbons (Fsp3) is 0.579. The molecule has 0 saturated carbocycles. The van der Waals surface area contributed by atoms with Crippen molar-refractivity contribution in [1.82, 2.24) is 9.80 Å². The third-order valence-corrected chi connectivity index (χ3v) is 5.68. The highest BCUT2D eigenvalue weighted by Gasteiger charge is 2.53. The van der Waals surface area contributed by atoms with Crippen molar-refractivity contribution >= 4 is 11.9 Å². The Balaban J connectivity index is 1.74. The largest absolute Gasteiger partial charge is 0.481 e. The van der Waals surface area contributed by atoms with Gasteiger partial charge in [0.15, 0.2) is 0 Å². The Morgan fingerprint density at radius 3 is 2.67 bits per heavy atom. The summed E-state index contributed by atoms with van der Waals surface area (Å²) in [6, 6.07) is 9.75. The standard InChI is InChI=1S/C19H26N2O3/c1-2-20-12-16-13-21(10-6-9-19(16,14-20)18(23)24)17(22)11-15-7-4-3-5-8-15/h3-5,7-8,16H,2,6,9-14H2,1H3,(H,23,24)/t16-,19+/m0/s1. The fourth-order valence-electron chi connectivity index (χ4n) is 4.24. The molecule has 130 valence electrons. The van der Waals surface area contributed by atoms with Crippen LogP contribution in [-0.4, -0.2) is 59.5 Å². The van der Waals surface area contributed by atoms with E-state index in [2.05, 4.69) is 11.8 Å². The highest BCUT2D eigenvalue weighted by atomic mass is 16.4. The molecule has 5 heteroatoms. The average Bonchev–Trinajstić information content (AvgIpc) is 2.84. The smallest absolute Gasteiger partial charge is 0.311 e. The number of nitrogens with zero attached hydrogens (tertiary/aromatic N) is 2. The van der Waals surface area contributed by atoms with Crippen molar-refractivity contribution in [3.8, 4) is 0 Å². The molecule has 1 amide bonds. The Hall–Kier alpha value is -1.88. The van der Waals surface area contributed by atoms with Crippen LogP contribution in [0.15, 0.2) is 30.3 Å². The third-order valence-electron chi connectivity index (χ3n) is 5.68. The first-order valence-corrected chi connectivity index (χ1v) is 8.82. The maximum absolute atomic E-state index is 12.7. The zero-order valence-corrected chi connectivity index (χ0v) is 14.3. The molecule has 0 bridgehead atoms. The first kappa shape index (κ1) is 17.0. The van der Waals surface area contributed by atoms with Crippen LogP contribution >= 0.6 is 0 Å². The summed E-state index contributed by atoms with van der Waals surface area (Å²) >= 11 is 0. The van der Waals surface area contributed by atoms with Crippen molar-refractivity contribution in [2.24, 2.45) is 11.3 Å². The Labute approximate surface area is 143 Å². The van der Waals surface area contributed by atoms with Gasteiger partial charge in [-0.3, -0.25) is 9.59 Å². The van der Waals surface area contributed by atoms with Gasteiger partial charge >= 0.3 is 5.97 Å². The summed E-state index contributed by atoms with van der Waals surface area (Å²) in [5.41, 5.74) is 0.329. The zero-order chi connectivity index (χ0) is 17.2. The van der Waals surface area contributed by atoms with Gasteiger partial charge in [0, 0.05) is 32.1 Å². The molecule has 0 unspecified atom stereocenters. The number of rotatable bonds is 4. The molecule has 2 atom stereocenters. The molecule has 3 rings (SSSR count). The number of hydrogen-bond acceptors (Lipinski definition) is 3. The molecule has 0 aliphatic carbocycles. The van der Waals surface area contributed by atoms with Gasteiger partial charge in [0.1, 0.15) is 0 Å². The minimum Gasteiger partial charge on any atom is -0.481 e. The number of carboxylic acids is 1. The highest BCUT2D eigenvalue weighted by Crippen LogP contribution is 2.42. The van der Waals surface area contributed by atoms with Gasteiger partial charge in [0.2, 0.25) is 5.91 Å². The Kier molecular flexibility index (Phi) is 4.90. The number of carbonyl (C=O) groups is 2. The predicted molar refractivity (Wildman–Crippen MR) is 91.6 cm³/mol. The summed E-state index contributed by atoms with van der Waals surface area (Å²) in [5.74, 6) is -0.560.